The molecule has 1 aliphatic rings. The van der Waals surface area contributed by atoms with Crippen LogP contribution in [0.15, 0.2) is 36.4 Å². The zero-order chi connectivity index (χ0) is 28.2. The lowest BCUT2D eigenvalue weighted by Crippen LogP contribution is -2.42. The van der Waals surface area contributed by atoms with Crippen LogP contribution in [0.25, 0.3) is 10.9 Å². The highest BCUT2D eigenvalue weighted by Crippen LogP contribution is 2.31. The maximum absolute atomic E-state index is 14.0. The van der Waals surface area contributed by atoms with Gasteiger partial charge in [-0.25, -0.2) is 8.78 Å². The van der Waals surface area contributed by atoms with Crippen molar-refractivity contribution in [3.8, 4) is 17.6 Å². The lowest BCUT2D eigenvalue weighted by Gasteiger charge is -2.31. The van der Waals surface area contributed by atoms with Gasteiger partial charge < -0.3 is 9.84 Å². The second-order valence-corrected chi connectivity index (χ2v) is 10.8. The maximum atomic E-state index is 14.0. The van der Waals surface area contributed by atoms with Gasteiger partial charge >= 0.3 is 5.97 Å². The summed E-state index contributed by atoms with van der Waals surface area (Å²) in [5.74, 6) is 2.93. The predicted octanol–water partition coefficient (Wildman–Crippen LogP) is 6.39. The number of likely N-dealkylation sites (tertiary alicyclic amines) is 1. The third-order valence-corrected chi connectivity index (χ3v) is 7.11. The number of piperidine rings is 1. The fourth-order valence-corrected chi connectivity index (χ4v) is 5.26. The molecular weight excluding hydrogens is 500 g/mol. The summed E-state index contributed by atoms with van der Waals surface area (Å²) in [6.07, 6.45) is 0.394. The first kappa shape index (κ1) is 28.6. The van der Waals surface area contributed by atoms with Crippen molar-refractivity contribution in [1.29, 1.82) is 0 Å². The van der Waals surface area contributed by atoms with E-state index in [1.807, 2.05) is 46.0 Å². The van der Waals surface area contributed by atoms with E-state index in [1.165, 1.54) is 0 Å². The van der Waals surface area contributed by atoms with E-state index in [0.29, 0.717) is 37.8 Å². The highest BCUT2D eigenvalue weighted by Gasteiger charge is 2.35. The minimum absolute atomic E-state index is 0.0486. The number of alkyl halides is 2. The zero-order valence-corrected chi connectivity index (χ0v) is 23.1. The van der Waals surface area contributed by atoms with Crippen molar-refractivity contribution in [3.05, 3.63) is 58.8 Å². The van der Waals surface area contributed by atoms with Crippen molar-refractivity contribution >= 4 is 16.9 Å². The lowest BCUT2D eigenvalue weighted by atomic mass is 9.96. The summed E-state index contributed by atoms with van der Waals surface area (Å²) in [5.41, 5.74) is 4.78. The molecule has 1 aromatic heterocycles. The first-order valence-corrected chi connectivity index (χ1v) is 13.5. The van der Waals surface area contributed by atoms with E-state index in [1.54, 1.807) is 6.92 Å². The number of hydrogen-bond donors (Lipinski definition) is 1. The van der Waals surface area contributed by atoms with Gasteiger partial charge in [0, 0.05) is 24.9 Å². The molecule has 0 unspecified atom stereocenters. The van der Waals surface area contributed by atoms with Crippen LogP contribution in [-0.2, 0) is 24.5 Å². The molecule has 208 valence electrons. The predicted molar refractivity (Wildman–Crippen MR) is 148 cm³/mol. The van der Waals surface area contributed by atoms with Crippen LogP contribution >= 0.6 is 0 Å². The molecule has 0 aliphatic carbocycles. The van der Waals surface area contributed by atoms with E-state index in [4.69, 9.17) is 9.84 Å². The van der Waals surface area contributed by atoms with Gasteiger partial charge in [-0.15, -0.1) is 5.92 Å². The Hall–Kier alpha value is -3.44. The Morgan fingerprint density at radius 1 is 1.21 bits per heavy atom. The molecule has 2 heterocycles. The van der Waals surface area contributed by atoms with E-state index in [-0.39, 0.29) is 25.3 Å². The van der Waals surface area contributed by atoms with Gasteiger partial charge in [-0.05, 0) is 61.6 Å². The third-order valence-electron chi connectivity index (χ3n) is 7.11. The number of carboxylic acids is 1. The van der Waals surface area contributed by atoms with Gasteiger partial charge in [0.2, 0.25) is 0 Å². The maximum Gasteiger partial charge on any atom is 0.304 e. The number of nitrogens with zero attached hydrogens (tertiary/aromatic N) is 3. The van der Waals surface area contributed by atoms with Gasteiger partial charge in [-0.1, -0.05) is 44.0 Å². The number of carboxylic acid groups (broad SMARTS) is 1. The van der Waals surface area contributed by atoms with E-state index >= 15 is 0 Å². The van der Waals surface area contributed by atoms with E-state index in [9.17, 15) is 18.7 Å². The van der Waals surface area contributed by atoms with E-state index in [0.717, 1.165) is 39.8 Å². The first-order chi connectivity index (χ1) is 18.6. The van der Waals surface area contributed by atoms with Crippen LogP contribution in [0.4, 0.5) is 8.78 Å². The van der Waals surface area contributed by atoms with Crippen LogP contribution in [0, 0.1) is 24.7 Å². The molecule has 4 rings (SSSR count). The van der Waals surface area contributed by atoms with Gasteiger partial charge in [0.05, 0.1) is 30.1 Å². The summed E-state index contributed by atoms with van der Waals surface area (Å²) in [4.78, 5) is 13.0. The highest BCUT2D eigenvalue weighted by atomic mass is 19.3. The second-order valence-electron chi connectivity index (χ2n) is 10.8. The van der Waals surface area contributed by atoms with Crippen molar-refractivity contribution in [2.75, 3.05) is 13.1 Å². The van der Waals surface area contributed by atoms with Crippen LogP contribution in [0.3, 0.4) is 0 Å². The number of carbonyl (C=O) groups is 1. The van der Waals surface area contributed by atoms with Crippen LogP contribution < -0.4 is 4.74 Å². The number of aryl methyl sites for hydroxylation is 1. The third kappa shape index (κ3) is 7.15. The summed E-state index contributed by atoms with van der Waals surface area (Å²) >= 11 is 0. The smallest absolute Gasteiger partial charge is 0.304 e. The fourth-order valence-electron chi connectivity index (χ4n) is 5.26. The molecule has 1 fully saturated rings. The molecular formula is C31H37F2N3O3. The first-order valence-electron chi connectivity index (χ1n) is 13.5. The Kier molecular flexibility index (Phi) is 8.91. The summed E-state index contributed by atoms with van der Waals surface area (Å²) in [6.45, 7) is 9.96. The molecule has 8 heteroatoms. The van der Waals surface area contributed by atoms with Crippen LogP contribution in [0.2, 0.25) is 0 Å². The van der Waals surface area contributed by atoms with Crippen molar-refractivity contribution in [2.24, 2.45) is 5.92 Å². The van der Waals surface area contributed by atoms with E-state index < -0.39 is 11.9 Å². The van der Waals surface area contributed by atoms with Crippen LogP contribution in [-0.4, -0.2) is 44.8 Å². The second kappa shape index (κ2) is 12.2. The van der Waals surface area contributed by atoms with Gasteiger partial charge in [0.1, 0.15) is 12.4 Å². The minimum Gasteiger partial charge on any atom is -0.489 e. The standard InChI is InChI=1S/C31H37F2N3O3/c1-5-7-24(16-29(37)38)23-8-11-26(12-9-23)39-19-25-10-13-27-28(18-35-15-6-14-31(32,33)20-35)34-36(17-21(2)3)30(27)22(25)4/h8-13,21,24H,6,14-20H2,1-4H3,(H,37,38)/t24-/m0/s1. The Balaban J connectivity index is 1.54. The Bertz CT molecular complexity index is 1370. The number of rotatable bonds is 10. The molecule has 3 aromatic rings. The number of benzene rings is 2. The molecule has 1 aliphatic heterocycles. The summed E-state index contributed by atoms with van der Waals surface area (Å²) in [6, 6.07) is 11.5. The van der Waals surface area contributed by atoms with Gasteiger partial charge in [0.15, 0.2) is 0 Å². The molecule has 1 atom stereocenters. The Morgan fingerprint density at radius 2 is 1.95 bits per heavy atom. The molecule has 0 amide bonds. The SMILES string of the molecule is CC#C[C@@H](CC(=O)O)c1ccc(OCc2ccc3c(CN4CCCC(F)(F)C4)nn(CC(C)C)c3c2C)cc1. The van der Waals surface area contributed by atoms with Gasteiger partial charge in [-0.2, -0.15) is 5.10 Å². The Morgan fingerprint density at radius 3 is 2.59 bits per heavy atom. The molecule has 0 saturated carbocycles. The molecule has 0 bridgehead atoms. The molecule has 1 N–H and O–H groups in total. The molecule has 1 saturated heterocycles. The molecule has 39 heavy (non-hydrogen) atoms. The number of aromatic nitrogens is 2. The van der Waals surface area contributed by atoms with Crippen LogP contribution in [0.5, 0.6) is 5.75 Å². The Labute approximate surface area is 228 Å². The average molecular weight is 538 g/mol. The fraction of sp³-hybridized carbons (Fsp3) is 0.484. The monoisotopic (exact) mass is 537 g/mol. The summed E-state index contributed by atoms with van der Waals surface area (Å²) in [5, 5.41) is 15.1. The van der Waals surface area contributed by atoms with E-state index in [2.05, 4.69) is 32.6 Å². The normalized spacial score (nSPS) is 16.2. The molecule has 2 aromatic carbocycles. The minimum atomic E-state index is -2.65. The van der Waals surface area contributed by atoms with Gasteiger partial charge in [-0.3, -0.25) is 14.4 Å². The van der Waals surface area contributed by atoms with Crippen LogP contribution in [0.1, 0.15) is 68.3 Å². The average Bonchev–Trinajstić information content (AvgIpc) is 3.19. The number of aliphatic carboxylic acids is 1. The number of fused-ring (bicyclic) bond motifs is 1. The van der Waals surface area contributed by atoms with Crippen molar-refractivity contribution < 1.29 is 23.4 Å². The number of ether oxygens (including phenoxy) is 1. The van der Waals surface area contributed by atoms with Gasteiger partial charge in [0.25, 0.3) is 5.92 Å². The largest absolute Gasteiger partial charge is 0.489 e. The lowest BCUT2D eigenvalue weighted by molar-refractivity contribution is -0.137. The topological polar surface area (TPSA) is 67.6 Å². The highest BCUT2D eigenvalue weighted by molar-refractivity contribution is 5.86. The zero-order valence-electron chi connectivity index (χ0n) is 23.1. The van der Waals surface area contributed by atoms with Crippen molar-refractivity contribution in [1.82, 2.24) is 14.7 Å². The number of halogens is 2. The molecule has 6 nitrogen and oxygen atoms in total. The summed E-state index contributed by atoms with van der Waals surface area (Å²) in [7, 11) is 0. The van der Waals surface area contributed by atoms with Crippen molar-refractivity contribution in [3.63, 3.8) is 0 Å². The molecule has 0 spiro atoms. The van der Waals surface area contributed by atoms with Crippen molar-refractivity contribution in [2.45, 2.75) is 78.5 Å². The quantitative estimate of drug-likeness (QED) is 0.304. The molecule has 0 radical (unpaired) electrons. The number of hydrogen-bond acceptors (Lipinski definition) is 4. The summed E-state index contributed by atoms with van der Waals surface area (Å²) < 4.78 is 36.2.